The van der Waals surface area contributed by atoms with E-state index < -0.39 is 0 Å². The van der Waals surface area contributed by atoms with Crippen molar-refractivity contribution in [1.82, 2.24) is 10.2 Å². The van der Waals surface area contributed by atoms with Crippen LogP contribution in [0.3, 0.4) is 0 Å². The second kappa shape index (κ2) is 12.5. The first-order chi connectivity index (χ1) is 12.2. The van der Waals surface area contributed by atoms with Crippen LogP contribution >= 0.6 is 24.0 Å². The number of hydrogen-bond donors (Lipinski definition) is 1. The maximum atomic E-state index is 5.74. The highest BCUT2D eigenvalue weighted by atomic mass is 127. The number of likely N-dealkylation sites (N-methyl/N-ethyl adjacent to an activating group) is 1. The van der Waals surface area contributed by atoms with Gasteiger partial charge in [0.1, 0.15) is 12.4 Å². The van der Waals surface area contributed by atoms with E-state index in [9.17, 15) is 0 Å². The average molecular weight is 469 g/mol. The van der Waals surface area contributed by atoms with Gasteiger partial charge < -0.3 is 19.7 Å². The Bertz CT molecular complexity index is 665. The molecule has 0 saturated carbocycles. The first-order valence-electron chi connectivity index (χ1n) is 8.40. The van der Waals surface area contributed by atoms with E-state index in [0.717, 1.165) is 18.3 Å². The maximum absolute atomic E-state index is 5.74. The molecule has 2 rings (SSSR count). The second-order valence-electron chi connectivity index (χ2n) is 5.69. The van der Waals surface area contributed by atoms with E-state index in [4.69, 9.17) is 9.47 Å². The van der Waals surface area contributed by atoms with Gasteiger partial charge >= 0.3 is 0 Å². The molecule has 0 aliphatic rings. The van der Waals surface area contributed by atoms with Crippen LogP contribution in [0.5, 0.6) is 5.75 Å². The summed E-state index contributed by atoms with van der Waals surface area (Å²) >= 11 is 0. The number of methoxy groups -OCH3 is 1. The monoisotopic (exact) mass is 469 g/mol. The summed E-state index contributed by atoms with van der Waals surface area (Å²) in [6.07, 6.45) is 0. The number of aliphatic imine (C=N–C) groups is 1. The number of guanidine groups is 1. The van der Waals surface area contributed by atoms with Crippen LogP contribution in [0.4, 0.5) is 0 Å². The van der Waals surface area contributed by atoms with Crippen molar-refractivity contribution in [2.24, 2.45) is 4.99 Å². The standard InChI is InChI=1S/C20H27N3O2.HI/c1-21-20(22-15-17-9-7-8-10-18(17)16-24-3)23(2)13-14-25-19-11-5-4-6-12-19;/h4-12H,13-16H2,1-3H3,(H,21,22);1H. The summed E-state index contributed by atoms with van der Waals surface area (Å²) in [6.45, 7) is 2.66. The van der Waals surface area contributed by atoms with E-state index in [1.807, 2.05) is 49.5 Å². The lowest BCUT2D eigenvalue weighted by Crippen LogP contribution is -2.40. The summed E-state index contributed by atoms with van der Waals surface area (Å²) in [7, 11) is 5.51. The van der Waals surface area contributed by atoms with Crippen molar-refractivity contribution < 1.29 is 9.47 Å². The SMILES string of the molecule is CN=C(NCc1ccccc1COC)N(C)CCOc1ccccc1.I. The quantitative estimate of drug-likeness (QED) is 0.365. The van der Waals surface area contributed by atoms with Crippen LogP contribution in [0.1, 0.15) is 11.1 Å². The van der Waals surface area contributed by atoms with Gasteiger partial charge in [-0.05, 0) is 23.3 Å². The summed E-state index contributed by atoms with van der Waals surface area (Å²) in [4.78, 5) is 6.41. The fourth-order valence-corrected chi connectivity index (χ4v) is 2.51. The Kier molecular flexibility index (Phi) is 10.7. The first kappa shape index (κ1) is 22.2. The molecule has 0 atom stereocenters. The first-order valence-corrected chi connectivity index (χ1v) is 8.40. The highest BCUT2D eigenvalue weighted by molar-refractivity contribution is 14.0. The topological polar surface area (TPSA) is 46.1 Å². The normalized spacial score (nSPS) is 10.8. The lowest BCUT2D eigenvalue weighted by Gasteiger charge is -2.22. The predicted molar refractivity (Wildman–Crippen MR) is 117 cm³/mol. The van der Waals surface area contributed by atoms with Gasteiger partial charge in [0.2, 0.25) is 0 Å². The van der Waals surface area contributed by atoms with Crippen molar-refractivity contribution in [2.75, 3.05) is 34.4 Å². The molecule has 1 N–H and O–H groups in total. The Balaban J connectivity index is 0.00000338. The molecule has 2 aromatic carbocycles. The Morgan fingerprint density at radius 1 is 1.04 bits per heavy atom. The molecule has 142 valence electrons. The van der Waals surface area contributed by atoms with Crippen LogP contribution in [-0.2, 0) is 17.9 Å². The minimum atomic E-state index is 0. The fourth-order valence-electron chi connectivity index (χ4n) is 2.51. The molecule has 0 spiro atoms. The van der Waals surface area contributed by atoms with Crippen LogP contribution in [-0.4, -0.2) is 45.2 Å². The van der Waals surface area contributed by atoms with Crippen molar-refractivity contribution in [3.8, 4) is 5.75 Å². The molecule has 2 aromatic rings. The lowest BCUT2D eigenvalue weighted by molar-refractivity contribution is 0.184. The zero-order valence-corrected chi connectivity index (χ0v) is 18.0. The second-order valence-corrected chi connectivity index (χ2v) is 5.69. The van der Waals surface area contributed by atoms with Gasteiger partial charge in [0.05, 0.1) is 13.2 Å². The van der Waals surface area contributed by atoms with Crippen LogP contribution in [0.2, 0.25) is 0 Å². The Morgan fingerprint density at radius 2 is 1.69 bits per heavy atom. The molecule has 0 saturated heterocycles. The molecule has 0 aliphatic heterocycles. The Hall–Kier alpha value is -1.80. The van der Waals surface area contributed by atoms with Crippen molar-refractivity contribution in [2.45, 2.75) is 13.2 Å². The largest absolute Gasteiger partial charge is 0.492 e. The minimum absolute atomic E-state index is 0. The molecular formula is C20H28IN3O2. The van der Waals surface area contributed by atoms with Crippen molar-refractivity contribution in [3.63, 3.8) is 0 Å². The van der Waals surface area contributed by atoms with Crippen LogP contribution < -0.4 is 10.1 Å². The van der Waals surface area contributed by atoms with Crippen molar-refractivity contribution >= 4 is 29.9 Å². The van der Waals surface area contributed by atoms with E-state index in [-0.39, 0.29) is 24.0 Å². The highest BCUT2D eigenvalue weighted by Crippen LogP contribution is 2.10. The van der Waals surface area contributed by atoms with Crippen molar-refractivity contribution in [3.05, 3.63) is 65.7 Å². The molecule has 0 aliphatic carbocycles. The third-order valence-electron chi connectivity index (χ3n) is 3.87. The molecule has 5 nitrogen and oxygen atoms in total. The molecule has 0 heterocycles. The molecule has 0 bridgehead atoms. The number of nitrogens with one attached hydrogen (secondary N) is 1. The van der Waals surface area contributed by atoms with Gasteiger partial charge in [-0.2, -0.15) is 0 Å². The molecule has 0 unspecified atom stereocenters. The predicted octanol–water partition coefficient (Wildman–Crippen LogP) is 3.54. The molecule has 0 amide bonds. The molecule has 0 aromatic heterocycles. The molecule has 6 heteroatoms. The summed E-state index contributed by atoms with van der Waals surface area (Å²) in [5, 5.41) is 3.40. The van der Waals surface area contributed by atoms with Gasteiger partial charge in [0, 0.05) is 27.7 Å². The highest BCUT2D eigenvalue weighted by Gasteiger charge is 2.07. The smallest absolute Gasteiger partial charge is 0.193 e. The number of nitrogens with zero attached hydrogens (tertiary/aromatic N) is 2. The van der Waals surface area contributed by atoms with Crippen molar-refractivity contribution in [1.29, 1.82) is 0 Å². The van der Waals surface area contributed by atoms with E-state index in [2.05, 4.69) is 27.3 Å². The van der Waals surface area contributed by atoms with Crippen LogP contribution in [0.15, 0.2) is 59.6 Å². The van der Waals surface area contributed by atoms with E-state index in [1.54, 1.807) is 14.2 Å². The molecule has 26 heavy (non-hydrogen) atoms. The number of hydrogen-bond acceptors (Lipinski definition) is 3. The van der Waals surface area contributed by atoms with Gasteiger partial charge in [0.15, 0.2) is 5.96 Å². The Morgan fingerprint density at radius 3 is 2.35 bits per heavy atom. The van der Waals surface area contributed by atoms with Gasteiger partial charge in [0.25, 0.3) is 0 Å². The zero-order valence-electron chi connectivity index (χ0n) is 15.6. The van der Waals surface area contributed by atoms with Crippen LogP contribution in [0.25, 0.3) is 0 Å². The zero-order chi connectivity index (χ0) is 17.9. The maximum Gasteiger partial charge on any atom is 0.193 e. The van der Waals surface area contributed by atoms with Gasteiger partial charge in [-0.3, -0.25) is 4.99 Å². The lowest BCUT2D eigenvalue weighted by atomic mass is 10.1. The number of ether oxygens (including phenoxy) is 2. The number of benzene rings is 2. The number of rotatable bonds is 8. The molecular weight excluding hydrogens is 441 g/mol. The third-order valence-corrected chi connectivity index (χ3v) is 3.87. The number of halogens is 1. The van der Waals surface area contributed by atoms with Gasteiger partial charge in [-0.15, -0.1) is 24.0 Å². The molecule has 0 radical (unpaired) electrons. The van der Waals surface area contributed by atoms with Crippen LogP contribution in [0, 0.1) is 0 Å². The number of para-hydroxylation sites is 1. The average Bonchev–Trinajstić information content (AvgIpc) is 2.64. The third kappa shape index (κ3) is 7.21. The van der Waals surface area contributed by atoms with Gasteiger partial charge in [-0.25, -0.2) is 0 Å². The van der Waals surface area contributed by atoms with E-state index >= 15 is 0 Å². The summed E-state index contributed by atoms with van der Waals surface area (Å²) in [5.74, 6) is 1.72. The molecule has 0 fully saturated rings. The summed E-state index contributed by atoms with van der Waals surface area (Å²) in [5.41, 5.74) is 2.39. The van der Waals surface area contributed by atoms with Gasteiger partial charge in [-0.1, -0.05) is 42.5 Å². The fraction of sp³-hybridized carbons (Fsp3) is 0.350. The minimum Gasteiger partial charge on any atom is -0.492 e. The van der Waals surface area contributed by atoms with E-state index in [1.165, 1.54) is 11.1 Å². The summed E-state index contributed by atoms with van der Waals surface area (Å²) < 4.78 is 11.0. The summed E-state index contributed by atoms with van der Waals surface area (Å²) in [6, 6.07) is 18.1. The van der Waals surface area contributed by atoms with E-state index in [0.29, 0.717) is 19.8 Å². The Labute approximate surface area is 173 Å².